The molecule has 6 heteroatoms. The largest absolute Gasteiger partial charge is 0.279 e. The molecule has 0 aliphatic carbocycles. The summed E-state index contributed by atoms with van der Waals surface area (Å²) in [5.41, 5.74) is -0.370. The van der Waals surface area contributed by atoms with Crippen LogP contribution in [0.25, 0.3) is 0 Å². The fourth-order valence-electron chi connectivity index (χ4n) is 1.45. The zero-order chi connectivity index (χ0) is 12.8. The van der Waals surface area contributed by atoms with Gasteiger partial charge in [0.05, 0.1) is 0 Å². The van der Waals surface area contributed by atoms with Crippen LogP contribution in [-0.4, -0.2) is 36.7 Å². The molecule has 0 aliphatic heterocycles. The molecule has 0 radical (unpaired) electrons. The molecule has 0 aliphatic rings. The summed E-state index contributed by atoms with van der Waals surface area (Å²) in [6.07, 6.45) is 1.56. The van der Waals surface area contributed by atoms with Crippen LogP contribution in [0, 0.1) is 0 Å². The predicted molar refractivity (Wildman–Crippen MR) is 72.1 cm³/mol. The van der Waals surface area contributed by atoms with E-state index in [1.165, 1.54) is 4.31 Å². The van der Waals surface area contributed by atoms with Crippen molar-refractivity contribution < 1.29 is 8.42 Å². The molecule has 0 saturated heterocycles. The average molecular weight is 315 g/mol. The van der Waals surface area contributed by atoms with Crippen molar-refractivity contribution in [1.82, 2.24) is 9.03 Å². The number of nitrogens with one attached hydrogen (secondary N) is 1. The van der Waals surface area contributed by atoms with Crippen LogP contribution in [0.15, 0.2) is 0 Å². The van der Waals surface area contributed by atoms with Gasteiger partial charge >= 0.3 is 0 Å². The Morgan fingerprint density at radius 2 is 1.75 bits per heavy atom. The monoisotopic (exact) mass is 314 g/mol. The number of rotatable bonds is 8. The van der Waals surface area contributed by atoms with E-state index in [1.54, 1.807) is 0 Å². The van der Waals surface area contributed by atoms with E-state index in [0.717, 1.165) is 18.2 Å². The van der Waals surface area contributed by atoms with Crippen LogP contribution in [0.4, 0.5) is 0 Å². The highest BCUT2D eigenvalue weighted by molar-refractivity contribution is 9.09. The van der Waals surface area contributed by atoms with Crippen LogP contribution in [0.3, 0.4) is 0 Å². The standard InChI is InChI=1S/C10H23BrN2O2S/c1-5-10(4,8-9-11)12-16(14,15)13(6-2)7-3/h12H,5-9H2,1-4H3. The van der Waals surface area contributed by atoms with Crippen molar-refractivity contribution in [2.24, 2.45) is 0 Å². The number of alkyl halides is 1. The smallest absolute Gasteiger partial charge is 0.196 e. The lowest BCUT2D eigenvalue weighted by Gasteiger charge is -2.31. The van der Waals surface area contributed by atoms with Crippen LogP contribution in [0.5, 0.6) is 0 Å². The van der Waals surface area contributed by atoms with Gasteiger partial charge in [-0.2, -0.15) is 17.4 Å². The van der Waals surface area contributed by atoms with Crippen molar-refractivity contribution >= 4 is 26.1 Å². The molecule has 0 fully saturated rings. The zero-order valence-electron chi connectivity index (χ0n) is 10.6. The molecule has 16 heavy (non-hydrogen) atoms. The second-order valence-corrected chi connectivity index (χ2v) is 6.51. The Bertz CT molecular complexity index is 291. The number of nitrogens with zero attached hydrogens (tertiary/aromatic N) is 1. The highest BCUT2D eigenvalue weighted by Crippen LogP contribution is 2.18. The fraction of sp³-hybridized carbons (Fsp3) is 1.00. The Balaban J connectivity index is 4.79. The Morgan fingerprint density at radius 3 is 2.06 bits per heavy atom. The molecule has 0 aromatic rings. The third-order valence-corrected chi connectivity index (χ3v) is 5.19. The van der Waals surface area contributed by atoms with Crippen LogP contribution in [-0.2, 0) is 10.2 Å². The molecule has 0 amide bonds. The summed E-state index contributed by atoms with van der Waals surface area (Å²) in [5.74, 6) is 0. The van der Waals surface area contributed by atoms with Crippen LogP contribution >= 0.6 is 15.9 Å². The maximum absolute atomic E-state index is 12.0. The maximum Gasteiger partial charge on any atom is 0.279 e. The van der Waals surface area contributed by atoms with E-state index in [0.29, 0.717) is 13.1 Å². The molecule has 0 saturated carbocycles. The first-order valence-corrected chi connectivity index (χ1v) is 8.26. The molecule has 0 heterocycles. The minimum atomic E-state index is -3.35. The van der Waals surface area contributed by atoms with Crippen LogP contribution in [0.2, 0.25) is 0 Å². The number of hydrogen-bond donors (Lipinski definition) is 1. The first-order valence-electron chi connectivity index (χ1n) is 5.70. The minimum absolute atomic E-state index is 0.370. The van der Waals surface area contributed by atoms with Gasteiger partial charge in [0.15, 0.2) is 0 Å². The summed E-state index contributed by atoms with van der Waals surface area (Å²) in [7, 11) is -3.35. The van der Waals surface area contributed by atoms with E-state index in [9.17, 15) is 8.42 Å². The SMILES string of the molecule is CCN(CC)S(=O)(=O)NC(C)(CC)CCBr. The topological polar surface area (TPSA) is 49.4 Å². The maximum atomic E-state index is 12.0. The molecule has 1 atom stereocenters. The van der Waals surface area contributed by atoms with Gasteiger partial charge < -0.3 is 0 Å². The second-order valence-electron chi connectivity index (χ2n) is 4.04. The molecule has 0 spiro atoms. The highest BCUT2D eigenvalue weighted by Gasteiger charge is 2.30. The summed E-state index contributed by atoms with van der Waals surface area (Å²) < 4.78 is 28.3. The quantitative estimate of drug-likeness (QED) is 0.698. The first kappa shape index (κ1) is 16.4. The Kier molecular flexibility index (Phi) is 7.09. The van der Waals surface area contributed by atoms with E-state index in [4.69, 9.17) is 0 Å². The lowest BCUT2D eigenvalue weighted by Crippen LogP contribution is -2.51. The third kappa shape index (κ3) is 4.69. The van der Waals surface area contributed by atoms with Gasteiger partial charge in [0, 0.05) is 24.0 Å². The zero-order valence-corrected chi connectivity index (χ0v) is 13.0. The van der Waals surface area contributed by atoms with Crippen molar-refractivity contribution in [2.75, 3.05) is 18.4 Å². The van der Waals surface area contributed by atoms with E-state index in [-0.39, 0.29) is 5.54 Å². The second kappa shape index (κ2) is 6.93. The predicted octanol–water partition coefficient (Wildman–Crippen LogP) is 2.12. The van der Waals surface area contributed by atoms with Gasteiger partial charge in [-0.15, -0.1) is 0 Å². The molecular weight excluding hydrogens is 292 g/mol. The van der Waals surface area contributed by atoms with Crippen LogP contribution in [0.1, 0.15) is 40.5 Å². The molecule has 0 bridgehead atoms. The molecule has 1 N–H and O–H groups in total. The first-order chi connectivity index (χ1) is 7.35. The van der Waals surface area contributed by atoms with Crippen molar-refractivity contribution in [3.8, 4) is 0 Å². The Labute approximate surface area is 108 Å². The van der Waals surface area contributed by atoms with Gasteiger partial charge in [0.25, 0.3) is 10.2 Å². The minimum Gasteiger partial charge on any atom is -0.196 e. The van der Waals surface area contributed by atoms with Gasteiger partial charge in [0.2, 0.25) is 0 Å². The van der Waals surface area contributed by atoms with Gasteiger partial charge in [-0.3, -0.25) is 0 Å². The number of hydrogen-bond acceptors (Lipinski definition) is 2. The van der Waals surface area contributed by atoms with Gasteiger partial charge in [0.1, 0.15) is 0 Å². The van der Waals surface area contributed by atoms with Crippen molar-refractivity contribution in [3.05, 3.63) is 0 Å². The summed E-state index contributed by atoms with van der Waals surface area (Å²) in [5, 5.41) is 0.790. The van der Waals surface area contributed by atoms with Crippen LogP contribution < -0.4 is 4.72 Å². The summed E-state index contributed by atoms with van der Waals surface area (Å²) in [6.45, 7) is 8.62. The van der Waals surface area contributed by atoms with Crippen molar-refractivity contribution in [3.63, 3.8) is 0 Å². The molecule has 1 unspecified atom stereocenters. The Hall–Kier alpha value is 0.350. The highest BCUT2D eigenvalue weighted by atomic mass is 79.9. The molecule has 0 aromatic heterocycles. The molecule has 98 valence electrons. The summed E-state index contributed by atoms with van der Waals surface area (Å²) in [4.78, 5) is 0. The van der Waals surface area contributed by atoms with E-state index < -0.39 is 10.2 Å². The van der Waals surface area contributed by atoms with E-state index in [1.807, 2.05) is 27.7 Å². The van der Waals surface area contributed by atoms with E-state index in [2.05, 4.69) is 20.7 Å². The summed E-state index contributed by atoms with van der Waals surface area (Å²) in [6, 6.07) is 0. The molecule has 0 aromatic carbocycles. The Morgan fingerprint density at radius 1 is 1.25 bits per heavy atom. The van der Waals surface area contributed by atoms with Gasteiger partial charge in [-0.25, -0.2) is 0 Å². The summed E-state index contributed by atoms with van der Waals surface area (Å²) >= 11 is 3.36. The average Bonchev–Trinajstić information content (AvgIpc) is 2.18. The van der Waals surface area contributed by atoms with E-state index >= 15 is 0 Å². The third-order valence-electron chi connectivity index (χ3n) is 2.85. The van der Waals surface area contributed by atoms with Crippen molar-refractivity contribution in [2.45, 2.75) is 46.1 Å². The molecular formula is C10H23BrN2O2S. The normalized spacial score (nSPS) is 16.4. The van der Waals surface area contributed by atoms with Gasteiger partial charge in [-0.1, -0.05) is 36.7 Å². The molecule has 0 rings (SSSR count). The fourth-order valence-corrected chi connectivity index (χ4v) is 4.00. The lowest BCUT2D eigenvalue weighted by molar-refractivity contribution is 0.362. The number of halogens is 1. The van der Waals surface area contributed by atoms with Crippen molar-refractivity contribution in [1.29, 1.82) is 0 Å². The lowest BCUT2D eigenvalue weighted by atomic mass is 9.98. The van der Waals surface area contributed by atoms with Gasteiger partial charge in [-0.05, 0) is 19.8 Å². The molecule has 4 nitrogen and oxygen atoms in total.